The van der Waals surface area contributed by atoms with Gasteiger partial charge >= 0.3 is 0 Å². The second-order valence-electron chi connectivity index (χ2n) is 9.04. The molecule has 0 radical (unpaired) electrons. The number of thiocarbonyl (C=S) groups is 1. The van der Waals surface area contributed by atoms with Crippen molar-refractivity contribution in [2.45, 2.75) is 71.6 Å². The molecule has 188 valence electrons. The van der Waals surface area contributed by atoms with Gasteiger partial charge in [0.05, 0.1) is 13.2 Å². The average Bonchev–Trinajstić information content (AvgIpc) is 2.88. The van der Waals surface area contributed by atoms with E-state index in [1.54, 1.807) is 12.4 Å². The van der Waals surface area contributed by atoms with Crippen LogP contribution in [0.1, 0.15) is 71.6 Å². The molecule has 4 nitrogen and oxygen atoms in total. The number of pyridine rings is 1. The number of hydrogen-bond donors (Lipinski definition) is 0. The topological polar surface area (TPSA) is 48.4 Å². The Morgan fingerprint density at radius 2 is 1.63 bits per heavy atom. The number of fused-ring (bicyclic) bond motifs is 1. The van der Waals surface area contributed by atoms with Crippen LogP contribution in [-0.4, -0.2) is 23.2 Å². The van der Waals surface area contributed by atoms with Crippen molar-refractivity contribution in [2.24, 2.45) is 5.92 Å². The van der Waals surface area contributed by atoms with Crippen LogP contribution in [0.25, 0.3) is 21.2 Å². The molecule has 1 unspecified atom stereocenters. The van der Waals surface area contributed by atoms with Gasteiger partial charge in [0.2, 0.25) is 4.74 Å². The van der Waals surface area contributed by atoms with E-state index in [9.17, 15) is 4.79 Å². The first-order valence-corrected chi connectivity index (χ1v) is 14.1. The van der Waals surface area contributed by atoms with Crippen molar-refractivity contribution >= 4 is 38.7 Å². The Kier molecular flexibility index (Phi) is 11.6. The molecule has 2 heterocycles. The number of aromatic nitrogens is 1. The van der Waals surface area contributed by atoms with Crippen LogP contribution in [-0.2, 0) is 4.74 Å². The predicted molar refractivity (Wildman–Crippen MR) is 152 cm³/mol. The van der Waals surface area contributed by atoms with E-state index in [0.29, 0.717) is 11.5 Å². The third kappa shape index (κ3) is 9.01. The summed E-state index contributed by atoms with van der Waals surface area (Å²) in [4.78, 5) is 16.7. The highest BCUT2D eigenvalue weighted by atomic mass is 32.1. The lowest BCUT2D eigenvalue weighted by Gasteiger charge is -2.12. The number of nitrogens with zero attached hydrogens (tertiary/aromatic N) is 1. The molecular formula is C29H37NO3S2. The Hall–Kier alpha value is -2.31. The average molecular weight is 512 g/mol. The molecule has 6 heteroatoms. The van der Waals surface area contributed by atoms with Gasteiger partial charge in [-0.25, -0.2) is 0 Å². The van der Waals surface area contributed by atoms with E-state index in [-0.39, 0.29) is 4.74 Å². The summed E-state index contributed by atoms with van der Waals surface area (Å²) in [6, 6.07) is 11.6. The summed E-state index contributed by atoms with van der Waals surface area (Å²) < 4.78 is 12.6. The molecule has 0 fully saturated rings. The lowest BCUT2D eigenvalue weighted by atomic mass is 10.1. The zero-order valence-corrected chi connectivity index (χ0v) is 22.6. The van der Waals surface area contributed by atoms with Gasteiger partial charge in [-0.1, -0.05) is 75.8 Å². The molecule has 3 rings (SSSR count). The van der Waals surface area contributed by atoms with Crippen molar-refractivity contribution in [1.29, 1.82) is 0 Å². The predicted octanol–water partition coefficient (Wildman–Crippen LogP) is 8.21. The third-order valence-electron chi connectivity index (χ3n) is 6.26. The van der Waals surface area contributed by atoms with Crippen LogP contribution >= 0.6 is 23.6 Å². The highest BCUT2D eigenvalue weighted by molar-refractivity contribution is 7.80. The Labute approximate surface area is 218 Å². The van der Waals surface area contributed by atoms with Gasteiger partial charge in [0, 0.05) is 34.0 Å². The minimum atomic E-state index is 0.0661. The second-order valence-corrected chi connectivity index (χ2v) is 10.5. The lowest BCUT2D eigenvalue weighted by molar-refractivity contribution is 0.280. The molecule has 35 heavy (non-hydrogen) atoms. The van der Waals surface area contributed by atoms with E-state index in [1.165, 1.54) is 49.9 Å². The van der Waals surface area contributed by atoms with E-state index in [2.05, 4.69) is 18.8 Å². The van der Waals surface area contributed by atoms with Gasteiger partial charge in [-0.15, -0.1) is 0 Å². The number of benzene rings is 1. The fourth-order valence-electron chi connectivity index (χ4n) is 3.83. The number of ether oxygens (including phenoxy) is 2. The Balaban J connectivity index is 1.25. The van der Waals surface area contributed by atoms with E-state index >= 15 is 0 Å². The molecule has 2 aromatic heterocycles. The molecular weight excluding hydrogens is 474 g/mol. The first kappa shape index (κ1) is 27.3. The molecule has 1 atom stereocenters. The quantitative estimate of drug-likeness (QED) is 0.152. The number of unbranched alkanes of at least 4 members (excludes halogenated alkanes) is 7. The zero-order chi connectivity index (χ0) is 24.9. The van der Waals surface area contributed by atoms with Gasteiger partial charge in [-0.2, -0.15) is 0 Å². The SMILES string of the molecule is CCC(C)C(=S)OCCCCCCCCCCOc1ccc(-c2cc3cnccc3sc2=O)cc1. The van der Waals surface area contributed by atoms with Crippen LogP contribution in [0.15, 0.2) is 53.6 Å². The van der Waals surface area contributed by atoms with Crippen molar-refractivity contribution in [2.75, 3.05) is 13.2 Å². The molecule has 0 amide bonds. The number of rotatable bonds is 15. The Morgan fingerprint density at radius 3 is 2.31 bits per heavy atom. The summed E-state index contributed by atoms with van der Waals surface area (Å²) in [7, 11) is 0. The van der Waals surface area contributed by atoms with Crippen molar-refractivity contribution in [1.82, 2.24) is 4.98 Å². The van der Waals surface area contributed by atoms with Crippen LogP contribution < -0.4 is 9.48 Å². The van der Waals surface area contributed by atoms with Crippen molar-refractivity contribution in [3.8, 4) is 16.9 Å². The smallest absolute Gasteiger partial charge is 0.240 e. The van der Waals surface area contributed by atoms with Crippen LogP contribution in [0.3, 0.4) is 0 Å². The van der Waals surface area contributed by atoms with Crippen LogP contribution in [0.2, 0.25) is 0 Å². The molecule has 3 aromatic rings. The fourth-order valence-corrected chi connectivity index (χ4v) is 4.93. The highest BCUT2D eigenvalue weighted by Gasteiger charge is 2.08. The molecule has 0 saturated carbocycles. The van der Waals surface area contributed by atoms with Crippen molar-refractivity contribution in [3.05, 3.63) is 58.3 Å². The van der Waals surface area contributed by atoms with Gasteiger partial charge < -0.3 is 9.47 Å². The van der Waals surface area contributed by atoms with Gasteiger partial charge in [0.25, 0.3) is 0 Å². The van der Waals surface area contributed by atoms with Crippen molar-refractivity contribution in [3.63, 3.8) is 0 Å². The fraction of sp³-hybridized carbons (Fsp3) is 0.483. The maximum absolute atomic E-state index is 12.5. The minimum Gasteiger partial charge on any atom is -0.494 e. The van der Waals surface area contributed by atoms with Gasteiger partial charge in [-0.05, 0) is 61.3 Å². The summed E-state index contributed by atoms with van der Waals surface area (Å²) in [5.74, 6) is 1.23. The summed E-state index contributed by atoms with van der Waals surface area (Å²) in [5, 5.41) is 1.76. The summed E-state index contributed by atoms with van der Waals surface area (Å²) >= 11 is 6.54. The van der Waals surface area contributed by atoms with Gasteiger partial charge in [-0.3, -0.25) is 9.78 Å². The van der Waals surface area contributed by atoms with Crippen LogP contribution in [0, 0.1) is 5.92 Å². The molecule has 1 aromatic carbocycles. The lowest BCUT2D eigenvalue weighted by Crippen LogP contribution is -2.12. The Bertz CT molecular complexity index is 1110. The van der Waals surface area contributed by atoms with Crippen LogP contribution in [0.4, 0.5) is 0 Å². The summed E-state index contributed by atoms with van der Waals surface area (Å²) in [6.07, 6.45) is 14.2. The molecule has 0 N–H and O–H groups in total. The zero-order valence-electron chi connectivity index (χ0n) is 21.0. The first-order chi connectivity index (χ1) is 17.1. The largest absolute Gasteiger partial charge is 0.494 e. The van der Waals surface area contributed by atoms with Gasteiger partial charge in [0.1, 0.15) is 5.75 Å². The normalized spacial score (nSPS) is 11.9. The molecule has 0 aliphatic carbocycles. The molecule has 0 spiro atoms. The molecule has 0 aliphatic heterocycles. The standard InChI is InChI=1S/C29H37NO3S2/c1-3-22(2)29(34)33-19-11-9-7-5-4-6-8-10-18-32-25-14-12-23(13-15-25)26-20-24-21-30-17-16-27(24)35-28(26)31/h12-17,20-22H,3-11,18-19H2,1-2H3. The molecule has 0 bridgehead atoms. The Morgan fingerprint density at radius 1 is 0.971 bits per heavy atom. The third-order valence-corrected chi connectivity index (χ3v) is 7.78. The van der Waals surface area contributed by atoms with E-state index < -0.39 is 0 Å². The molecule has 0 aliphatic rings. The van der Waals surface area contributed by atoms with Crippen LogP contribution in [0.5, 0.6) is 5.75 Å². The highest BCUT2D eigenvalue weighted by Crippen LogP contribution is 2.25. The van der Waals surface area contributed by atoms with Gasteiger partial charge in [0.15, 0.2) is 5.05 Å². The first-order valence-electron chi connectivity index (χ1n) is 12.9. The monoisotopic (exact) mass is 511 g/mol. The summed E-state index contributed by atoms with van der Waals surface area (Å²) in [5.41, 5.74) is 1.62. The summed E-state index contributed by atoms with van der Waals surface area (Å²) in [6.45, 7) is 5.75. The maximum atomic E-state index is 12.5. The number of hydrogen-bond acceptors (Lipinski definition) is 6. The molecule has 0 saturated heterocycles. The second kappa shape index (κ2) is 14.9. The van der Waals surface area contributed by atoms with Crippen molar-refractivity contribution < 1.29 is 9.47 Å². The minimum absolute atomic E-state index is 0.0661. The van der Waals surface area contributed by atoms with E-state index in [0.717, 1.165) is 58.9 Å². The maximum Gasteiger partial charge on any atom is 0.240 e. The van der Waals surface area contributed by atoms with E-state index in [1.807, 2.05) is 36.4 Å². The van der Waals surface area contributed by atoms with E-state index in [4.69, 9.17) is 21.7 Å².